The zero-order chi connectivity index (χ0) is 15.5. The van der Waals surface area contributed by atoms with Crippen LogP contribution in [0.1, 0.15) is 51.1 Å². The van der Waals surface area contributed by atoms with Crippen LogP contribution in [0.4, 0.5) is 5.13 Å². The molecule has 1 aliphatic heterocycles. The smallest absolute Gasteiger partial charge is 0.247 e. The molecule has 1 amide bonds. The average Bonchev–Trinajstić information content (AvgIpc) is 3.26. The number of rotatable bonds is 3. The summed E-state index contributed by atoms with van der Waals surface area (Å²) in [4.78, 5) is 17.4. The van der Waals surface area contributed by atoms with Gasteiger partial charge in [-0.05, 0) is 25.7 Å². The summed E-state index contributed by atoms with van der Waals surface area (Å²) < 4.78 is 5.86. The van der Waals surface area contributed by atoms with Gasteiger partial charge in [-0.1, -0.05) is 13.8 Å². The first kappa shape index (κ1) is 17.1. The Morgan fingerprint density at radius 1 is 1.43 bits per heavy atom. The van der Waals surface area contributed by atoms with Crippen molar-refractivity contribution in [1.82, 2.24) is 4.98 Å². The molecule has 3 atom stereocenters. The molecule has 0 spiro atoms. The van der Waals surface area contributed by atoms with Gasteiger partial charge in [0.15, 0.2) is 5.13 Å². The molecule has 0 bridgehead atoms. The molecule has 23 heavy (non-hydrogen) atoms. The van der Waals surface area contributed by atoms with Gasteiger partial charge < -0.3 is 15.8 Å². The Balaban J connectivity index is 0.00000156. The molecule has 0 radical (unpaired) electrons. The molecule has 1 aromatic rings. The molecule has 0 aromatic carbocycles. The van der Waals surface area contributed by atoms with Gasteiger partial charge in [-0.2, -0.15) is 0 Å². The predicted molar refractivity (Wildman–Crippen MR) is 93.1 cm³/mol. The highest BCUT2D eigenvalue weighted by Crippen LogP contribution is 2.57. The highest BCUT2D eigenvalue weighted by atomic mass is 35.5. The van der Waals surface area contributed by atoms with Crippen LogP contribution in [0.3, 0.4) is 0 Å². The molecule has 2 saturated carbocycles. The van der Waals surface area contributed by atoms with E-state index >= 15 is 0 Å². The molecule has 2 heterocycles. The number of amides is 1. The quantitative estimate of drug-likeness (QED) is 0.871. The topological polar surface area (TPSA) is 77.2 Å². The Bertz CT molecular complexity index is 616. The summed E-state index contributed by atoms with van der Waals surface area (Å²) in [5.74, 6) is 0.602. The normalized spacial score (nSPS) is 34.7. The number of hydrogen-bond donors (Lipinski definition) is 2. The number of carbonyl (C=O) groups excluding carboxylic acids is 1. The van der Waals surface area contributed by atoms with Gasteiger partial charge >= 0.3 is 0 Å². The summed E-state index contributed by atoms with van der Waals surface area (Å²) in [6.45, 7) is 4.85. The van der Waals surface area contributed by atoms with Gasteiger partial charge in [-0.25, -0.2) is 4.98 Å². The van der Waals surface area contributed by atoms with E-state index in [2.05, 4.69) is 15.7 Å². The van der Waals surface area contributed by atoms with Crippen molar-refractivity contribution < 1.29 is 9.53 Å². The summed E-state index contributed by atoms with van der Waals surface area (Å²) in [7, 11) is 0. The second kappa shape index (κ2) is 5.69. The van der Waals surface area contributed by atoms with Gasteiger partial charge in [-0.15, -0.1) is 23.7 Å². The number of aromatic nitrogens is 1. The van der Waals surface area contributed by atoms with Crippen LogP contribution in [-0.4, -0.2) is 29.1 Å². The summed E-state index contributed by atoms with van der Waals surface area (Å²) in [5.41, 5.74) is 6.48. The van der Waals surface area contributed by atoms with Crippen molar-refractivity contribution in [2.24, 2.45) is 17.1 Å². The Morgan fingerprint density at radius 2 is 2.17 bits per heavy atom. The van der Waals surface area contributed by atoms with Crippen molar-refractivity contribution in [3.8, 4) is 0 Å². The van der Waals surface area contributed by atoms with Gasteiger partial charge in [0.25, 0.3) is 0 Å². The van der Waals surface area contributed by atoms with Crippen molar-refractivity contribution in [3.63, 3.8) is 0 Å². The largest absolute Gasteiger partial charge is 0.377 e. The van der Waals surface area contributed by atoms with E-state index in [9.17, 15) is 4.79 Å². The molecular weight excluding hydrogens is 334 g/mol. The molecule has 7 heteroatoms. The van der Waals surface area contributed by atoms with Gasteiger partial charge in [0.2, 0.25) is 5.91 Å². The standard InChI is InChI=1S/C16H23N3O2S.ClH/c1-15(2)12-10(4-3-7-21-12)16(15,17)13(20)19-14-18-11(8-22-14)9-5-6-9;/h8-10,12H,3-7,17H2,1-2H3,(H,18,19,20);1H. The lowest BCUT2D eigenvalue weighted by Gasteiger charge is -2.64. The number of nitrogens with one attached hydrogen (secondary N) is 1. The lowest BCUT2D eigenvalue weighted by Crippen LogP contribution is -2.81. The number of hydrogen-bond acceptors (Lipinski definition) is 5. The van der Waals surface area contributed by atoms with Crippen molar-refractivity contribution in [3.05, 3.63) is 11.1 Å². The number of halogens is 1. The second-order valence-electron chi connectivity index (χ2n) is 7.44. The van der Waals surface area contributed by atoms with E-state index in [1.165, 1.54) is 24.2 Å². The Hall–Kier alpha value is -0.690. The third-order valence-electron chi connectivity index (χ3n) is 5.80. The number of nitrogens with two attached hydrogens (primary N) is 1. The zero-order valence-electron chi connectivity index (χ0n) is 13.5. The second-order valence-corrected chi connectivity index (χ2v) is 8.29. The molecule has 2 aliphatic carbocycles. The van der Waals surface area contributed by atoms with E-state index in [-0.39, 0.29) is 35.8 Å². The predicted octanol–water partition coefficient (Wildman–Crippen LogP) is 2.91. The number of ether oxygens (including phenoxy) is 1. The van der Waals surface area contributed by atoms with Crippen molar-refractivity contribution in [2.45, 2.75) is 57.1 Å². The van der Waals surface area contributed by atoms with Crippen molar-refractivity contribution in [1.29, 1.82) is 0 Å². The molecule has 3 N–H and O–H groups in total. The first-order chi connectivity index (χ1) is 10.4. The molecule has 1 saturated heterocycles. The van der Waals surface area contributed by atoms with E-state index < -0.39 is 5.54 Å². The van der Waals surface area contributed by atoms with Crippen LogP contribution in [0, 0.1) is 11.3 Å². The number of thiazole rings is 1. The molecule has 128 valence electrons. The summed E-state index contributed by atoms with van der Waals surface area (Å²) in [6, 6.07) is 0. The molecule has 3 fully saturated rings. The third kappa shape index (κ3) is 2.42. The van der Waals surface area contributed by atoms with Crippen LogP contribution in [-0.2, 0) is 9.53 Å². The molecule has 1 aromatic heterocycles. The summed E-state index contributed by atoms with van der Waals surface area (Å²) in [5, 5.41) is 5.69. The molecule has 5 nitrogen and oxygen atoms in total. The Morgan fingerprint density at radius 3 is 2.87 bits per heavy atom. The van der Waals surface area contributed by atoms with Crippen LogP contribution in [0.25, 0.3) is 0 Å². The van der Waals surface area contributed by atoms with Crippen LogP contribution in [0.5, 0.6) is 0 Å². The number of fused-ring (bicyclic) bond motifs is 1. The summed E-state index contributed by atoms with van der Waals surface area (Å²) in [6.07, 6.45) is 4.46. The molecule has 3 aliphatic rings. The fraction of sp³-hybridized carbons (Fsp3) is 0.750. The average molecular weight is 358 g/mol. The Labute approximate surface area is 146 Å². The van der Waals surface area contributed by atoms with Crippen LogP contribution < -0.4 is 11.1 Å². The van der Waals surface area contributed by atoms with E-state index in [1.807, 2.05) is 13.8 Å². The Kier molecular flexibility index (Phi) is 4.24. The van der Waals surface area contributed by atoms with Gasteiger partial charge in [0, 0.05) is 29.2 Å². The minimum Gasteiger partial charge on any atom is -0.377 e. The van der Waals surface area contributed by atoms with Crippen LogP contribution in [0.2, 0.25) is 0 Å². The first-order valence-electron chi connectivity index (χ1n) is 8.12. The van der Waals surface area contributed by atoms with Gasteiger partial charge in [0.1, 0.15) is 5.54 Å². The van der Waals surface area contributed by atoms with Crippen molar-refractivity contribution >= 4 is 34.8 Å². The summed E-state index contributed by atoms with van der Waals surface area (Å²) >= 11 is 1.50. The minimum atomic E-state index is -0.872. The maximum Gasteiger partial charge on any atom is 0.247 e. The third-order valence-corrected chi connectivity index (χ3v) is 6.57. The number of anilines is 1. The fourth-order valence-corrected chi connectivity index (χ4v) is 4.93. The maximum atomic E-state index is 12.9. The fourth-order valence-electron chi connectivity index (χ4n) is 4.15. The van der Waals surface area contributed by atoms with Crippen LogP contribution in [0.15, 0.2) is 5.38 Å². The van der Waals surface area contributed by atoms with E-state index in [4.69, 9.17) is 10.5 Å². The SMILES string of the molecule is CC1(C)C2OCCCC2C1(N)C(=O)Nc1nc(C2CC2)cs1.Cl. The maximum absolute atomic E-state index is 12.9. The lowest BCUT2D eigenvalue weighted by atomic mass is 9.46. The number of carbonyl (C=O) groups is 1. The van der Waals surface area contributed by atoms with E-state index in [1.54, 1.807) is 0 Å². The lowest BCUT2D eigenvalue weighted by molar-refractivity contribution is -0.222. The minimum absolute atomic E-state index is 0. The zero-order valence-corrected chi connectivity index (χ0v) is 15.1. The molecule has 4 rings (SSSR count). The van der Waals surface area contributed by atoms with E-state index in [0.717, 1.165) is 25.1 Å². The highest BCUT2D eigenvalue weighted by Gasteiger charge is 2.70. The monoisotopic (exact) mass is 357 g/mol. The molecule has 3 unspecified atom stereocenters. The first-order valence-corrected chi connectivity index (χ1v) is 9.00. The molecular formula is C16H24ClN3O2S. The van der Waals surface area contributed by atoms with Crippen LogP contribution >= 0.6 is 23.7 Å². The van der Waals surface area contributed by atoms with Crippen molar-refractivity contribution in [2.75, 3.05) is 11.9 Å². The number of nitrogens with zero attached hydrogens (tertiary/aromatic N) is 1. The highest BCUT2D eigenvalue weighted by molar-refractivity contribution is 7.14. The van der Waals surface area contributed by atoms with E-state index in [0.29, 0.717) is 11.0 Å². The van der Waals surface area contributed by atoms with Gasteiger partial charge in [0.05, 0.1) is 11.8 Å². The van der Waals surface area contributed by atoms with Gasteiger partial charge in [-0.3, -0.25) is 4.79 Å².